The summed E-state index contributed by atoms with van der Waals surface area (Å²) in [5, 5.41) is 0. The van der Waals surface area contributed by atoms with Crippen molar-refractivity contribution in [2.24, 2.45) is 0 Å². The van der Waals surface area contributed by atoms with E-state index in [1.165, 1.54) is 16.9 Å². The van der Waals surface area contributed by atoms with Crippen molar-refractivity contribution in [2.45, 2.75) is 44.9 Å². The van der Waals surface area contributed by atoms with Gasteiger partial charge >= 0.3 is 0 Å². The van der Waals surface area contributed by atoms with Crippen LogP contribution in [0.4, 0.5) is 0 Å². The van der Waals surface area contributed by atoms with Gasteiger partial charge in [-0.2, -0.15) is 0 Å². The molecule has 0 spiro atoms. The molecule has 4 rings (SSSR count). The second-order valence-electron chi connectivity index (χ2n) is 6.45. The molecule has 5 heteroatoms. The Bertz CT molecular complexity index is 681. The fourth-order valence-corrected chi connectivity index (χ4v) is 4.84. The summed E-state index contributed by atoms with van der Waals surface area (Å²) < 4.78 is 0. The van der Waals surface area contributed by atoms with E-state index in [1.807, 2.05) is 18.0 Å². The van der Waals surface area contributed by atoms with Crippen LogP contribution in [0.15, 0.2) is 12.3 Å². The number of aromatic amines is 1. The Morgan fingerprint density at radius 3 is 3.09 bits per heavy atom. The Labute approximate surface area is 134 Å². The number of likely N-dealkylation sites (tertiary alicyclic amines) is 1. The molecule has 22 heavy (non-hydrogen) atoms. The van der Waals surface area contributed by atoms with E-state index >= 15 is 0 Å². The van der Waals surface area contributed by atoms with Crippen molar-refractivity contribution in [1.29, 1.82) is 0 Å². The highest BCUT2D eigenvalue weighted by Crippen LogP contribution is 2.32. The lowest BCUT2D eigenvalue weighted by Crippen LogP contribution is -2.39. The molecule has 1 aliphatic carbocycles. The zero-order chi connectivity index (χ0) is 15.1. The molecular formula is C17H21N3OS. The minimum atomic E-state index is 0.215. The fraction of sp³-hybridized carbons (Fsp3) is 0.529. The maximum Gasteiger partial charge on any atom is 0.263 e. The van der Waals surface area contributed by atoms with Crippen molar-refractivity contribution in [3.8, 4) is 0 Å². The van der Waals surface area contributed by atoms with Gasteiger partial charge in [-0.1, -0.05) is 0 Å². The number of hydrogen-bond acceptors (Lipinski definition) is 3. The smallest absolute Gasteiger partial charge is 0.263 e. The summed E-state index contributed by atoms with van der Waals surface area (Å²) in [7, 11) is 0. The summed E-state index contributed by atoms with van der Waals surface area (Å²) in [6, 6.07) is 2.13. The van der Waals surface area contributed by atoms with Crippen molar-refractivity contribution in [3.05, 3.63) is 39.1 Å². The van der Waals surface area contributed by atoms with E-state index in [0.29, 0.717) is 5.92 Å². The third kappa shape index (κ3) is 2.47. The van der Waals surface area contributed by atoms with E-state index < -0.39 is 0 Å². The molecule has 4 nitrogen and oxygen atoms in total. The highest BCUT2D eigenvalue weighted by atomic mass is 32.1. The Morgan fingerprint density at radius 2 is 2.32 bits per heavy atom. The van der Waals surface area contributed by atoms with E-state index in [-0.39, 0.29) is 5.91 Å². The third-order valence-corrected chi connectivity index (χ3v) is 6.00. The topological polar surface area (TPSA) is 49.0 Å². The van der Waals surface area contributed by atoms with Gasteiger partial charge in [0.05, 0.1) is 4.88 Å². The van der Waals surface area contributed by atoms with Gasteiger partial charge in [0.1, 0.15) is 5.82 Å². The second-order valence-corrected chi connectivity index (χ2v) is 7.59. The van der Waals surface area contributed by atoms with Crippen molar-refractivity contribution in [3.63, 3.8) is 0 Å². The van der Waals surface area contributed by atoms with Crippen LogP contribution in [0.1, 0.15) is 56.8 Å². The van der Waals surface area contributed by atoms with Gasteiger partial charge in [-0.3, -0.25) is 4.79 Å². The van der Waals surface area contributed by atoms with Crippen LogP contribution < -0.4 is 0 Å². The number of thiophene rings is 1. The number of carbonyl (C=O) groups excluding carboxylic acids is 1. The standard InChI is InChI=1S/C17H21N3OS/c1-11-9-18-16(19-11)13-5-3-7-20(10-13)17(21)15-8-12-4-2-6-14(12)22-15/h8-9,13H,2-7,10H2,1H3,(H,18,19)/t13-/m0/s1. The Morgan fingerprint density at radius 1 is 1.41 bits per heavy atom. The van der Waals surface area contributed by atoms with Crippen molar-refractivity contribution < 1.29 is 4.79 Å². The molecule has 2 aromatic heterocycles. The van der Waals surface area contributed by atoms with E-state index in [2.05, 4.69) is 16.0 Å². The Kier molecular flexibility index (Phi) is 3.53. The zero-order valence-corrected chi connectivity index (χ0v) is 13.7. The highest BCUT2D eigenvalue weighted by molar-refractivity contribution is 7.14. The first kappa shape index (κ1) is 14.0. The van der Waals surface area contributed by atoms with Crippen LogP contribution in [0.3, 0.4) is 0 Å². The van der Waals surface area contributed by atoms with Crippen LogP contribution in [0, 0.1) is 6.92 Å². The summed E-state index contributed by atoms with van der Waals surface area (Å²) in [5.41, 5.74) is 2.50. The zero-order valence-electron chi connectivity index (χ0n) is 12.9. The van der Waals surface area contributed by atoms with Crippen molar-refractivity contribution in [1.82, 2.24) is 14.9 Å². The molecule has 1 aliphatic heterocycles. The van der Waals surface area contributed by atoms with Gasteiger partial charge in [0.25, 0.3) is 5.91 Å². The van der Waals surface area contributed by atoms with Crippen molar-refractivity contribution in [2.75, 3.05) is 13.1 Å². The van der Waals surface area contributed by atoms with Gasteiger partial charge in [0.15, 0.2) is 0 Å². The molecule has 116 valence electrons. The van der Waals surface area contributed by atoms with E-state index in [1.54, 1.807) is 11.3 Å². The van der Waals surface area contributed by atoms with Crippen LogP contribution in [-0.4, -0.2) is 33.9 Å². The molecule has 3 heterocycles. The number of nitrogens with one attached hydrogen (secondary N) is 1. The molecule has 0 bridgehead atoms. The van der Waals surface area contributed by atoms with Crippen molar-refractivity contribution >= 4 is 17.2 Å². The SMILES string of the molecule is Cc1cnc([C@H]2CCCN(C(=O)c3cc4c(s3)CCC4)C2)[nH]1. The molecule has 1 N–H and O–H groups in total. The van der Waals surface area contributed by atoms with Gasteiger partial charge in [-0.05, 0) is 50.7 Å². The molecule has 0 saturated carbocycles. The van der Waals surface area contributed by atoms with Gasteiger partial charge in [0, 0.05) is 35.8 Å². The molecule has 1 fully saturated rings. The highest BCUT2D eigenvalue weighted by Gasteiger charge is 2.28. The lowest BCUT2D eigenvalue weighted by Gasteiger charge is -2.31. The van der Waals surface area contributed by atoms with E-state index in [0.717, 1.165) is 55.2 Å². The molecule has 0 aromatic carbocycles. The maximum atomic E-state index is 12.8. The monoisotopic (exact) mass is 315 g/mol. The average molecular weight is 315 g/mol. The van der Waals surface area contributed by atoms with Gasteiger partial charge in [0.2, 0.25) is 0 Å². The van der Waals surface area contributed by atoms with Crippen LogP contribution in [0.5, 0.6) is 0 Å². The van der Waals surface area contributed by atoms with Gasteiger partial charge < -0.3 is 9.88 Å². The first-order valence-electron chi connectivity index (χ1n) is 8.13. The molecular weight excluding hydrogens is 294 g/mol. The third-order valence-electron chi connectivity index (χ3n) is 4.78. The van der Waals surface area contributed by atoms with E-state index in [4.69, 9.17) is 0 Å². The predicted molar refractivity (Wildman–Crippen MR) is 87.5 cm³/mol. The van der Waals surface area contributed by atoms with Gasteiger partial charge in [-0.15, -0.1) is 11.3 Å². The number of nitrogens with zero attached hydrogens (tertiary/aromatic N) is 2. The molecule has 2 aliphatic rings. The second kappa shape index (κ2) is 5.54. The number of piperidine rings is 1. The number of rotatable bonds is 2. The number of hydrogen-bond donors (Lipinski definition) is 1. The minimum Gasteiger partial charge on any atom is -0.346 e. The van der Waals surface area contributed by atoms with Crippen LogP contribution in [-0.2, 0) is 12.8 Å². The average Bonchev–Trinajstić information content (AvgIpc) is 3.21. The Balaban J connectivity index is 1.50. The molecule has 0 unspecified atom stereocenters. The largest absolute Gasteiger partial charge is 0.346 e. The molecule has 1 saturated heterocycles. The molecule has 0 radical (unpaired) electrons. The first-order chi connectivity index (χ1) is 10.7. The molecule has 1 amide bonds. The lowest BCUT2D eigenvalue weighted by molar-refractivity contribution is 0.0709. The Hall–Kier alpha value is -1.62. The molecule has 2 aromatic rings. The number of aromatic nitrogens is 2. The van der Waals surface area contributed by atoms with Crippen LogP contribution in [0.2, 0.25) is 0 Å². The van der Waals surface area contributed by atoms with Crippen LogP contribution in [0.25, 0.3) is 0 Å². The van der Waals surface area contributed by atoms with Crippen LogP contribution >= 0.6 is 11.3 Å². The number of H-pyrrole nitrogens is 1. The maximum absolute atomic E-state index is 12.8. The summed E-state index contributed by atoms with van der Waals surface area (Å²) in [4.78, 5) is 25.0. The normalized spacial score (nSPS) is 21.1. The number of imidazole rings is 1. The number of aryl methyl sites for hydroxylation is 3. The number of amides is 1. The van der Waals surface area contributed by atoms with E-state index in [9.17, 15) is 4.79 Å². The predicted octanol–water partition coefficient (Wildman–Crippen LogP) is 3.29. The molecule has 1 atom stereocenters. The summed E-state index contributed by atoms with van der Waals surface area (Å²) in [6.07, 6.45) is 7.59. The minimum absolute atomic E-state index is 0.215. The summed E-state index contributed by atoms with van der Waals surface area (Å²) in [6.45, 7) is 3.68. The first-order valence-corrected chi connectivity index (χ1v) is 8.95. The summed E-state index contributed by atoms with van der Waals surface area (Å²) >= 11 is 1.71. The fourth-order valence-electron chi connectivity index (χ4n) is 3.62. The quantitative estimate of drug-likeness (QED) is 0.924. The summed E-state index contributed by atoms with van der Waals surface area (Å²) in [5.74, 6) is 1.59. The van der Waals surface area contributed by atoms with Gasteiger partial charge in [-0.25, -0.2) is 4.98 Å². The number of fused-ring (bicyclic) bond motifs is 1. The lowest BCUT2D eigenvalue weighted by atomic mass is 9.97. The number of carbonyl (C=O) groups is 1.